The number of carbonyl (C=O) groups is 1. The Morgan fingerprint density at radius 3 is 2.80 bits per heavy atom. The fourth-order valence-corrected chi connectivity index (χ4v) is 1.03. The molecular formula is C9H8N4O2. The molecule has 1 aromatic heterocycles. The molecule has 0 unspecified atom stereocenters. The van der Waals surface area contributed by atoms with Gasteiger partial charge in [-0.15, -0.1) is 10.2 Å². The van der Waals surface area contributed by atoms with Crippen molar-refractivity contribution in [1.29, 1.82) is 0 Å². The second kappa shape index (κ2) is 4.32. The Hall–Kier alpha value is -2.24. The first-order valence-electron chi connectivity index (χ1n) is 4.31. The Morgan fingerprint density at radius 2 is 2.13 bits per heavy atom. The van der Waals surface area contributed by atoms with Gasteiger partial charge in [0.25, 0.3) is 0 Å². The summed E-state index contributed by atoms with van der Waals surface area (Å²) in [5.74, 6) is 0.0711. The van der Waals surface area contributed by atoms with E-state index in [0.717, 1.165) is 4.80 Å². The molecule has 0 N–H and O–H groups in total. The highest BCUT2D eigenvalue weighted by molar-refractivity contribution is 5.71. The molecule has 0 amide bonds. The molecule has 0 aliphatic carbocycles. The van der Waals surface area contributed by atoms with E-state index in [1.165, 1.54) is 6.33 Å². The van der Waals surface area contributed by atoms with Crippen LogP contribution < -0.4 is 4.74 Å². The van der Waals surface area contributed by atoms with E-state index in [1.807, 2.05) is 6.07 Å². The van der Waals surface area contributed by atoms with Gasteiger partial charge in [0.1, 0.15) is 5.75 Å². The van der Waals surface area contributed by atoms with E-state index in [2.05, 4.69) is 15.4 Å². The summed E-state index contributed by atoms with van der Waals surface area (Å²) in [6.07, 6.45) is 1.26. The van der Waals surface area contributed by atoms with Gasteiger partial charge in [-0.3, -0.25) is 0 Å². The van der Waals surface area contributed by atoms with Crippen LogP contribution in [-0.4, -0.2) is 26.2 Å². The fourth-order valence-electron chi connectivity index (χ4n) is 1.03. The minimum atomic E-state index is -0.431. The number of ether oxygens (including phenoxy) is 1. The molecule has 2 rings (SSSR count). The molecule has 0 spiro atoms. The van der Waals surface area contributed by atoms with Crippen LogP contribution in [0.5, 0.6) is 5.75 Å². The maximum Gasteiger partial charge on any atom is 0.335 e. The van der Waals surface area contributed by atoms with Gasteiger partial charge in [-0.25, -0.2) is 4.79 Å². The van der Waals surface area contributed by atoms with Gasteiger partial charge in [-0.05, 0) is 17.3 Å². The first-order chi connectivity index (χ1) is 7.34. The van der Waals surface area contributed by atoms with Crippen LogP contribution in [0, 0.1) is 0 Å². The Kier molecular flexibility index (Phi) is 2.68. The Balaban J connectivity index is 1.94. The van der Waals surface area contributed by atoms with Crippen molar-refractivity contribution < 1.29 is 9.53 Å². The van der Waals surface area contributed by atoms with Crippen LogP contribution in [0.1, 0.15) is 0 Å². The SMILES string of the molecule is O=C(Cn1ncnn1)Oc1ccccc1. The second-order valence-electron chi connectivity index (χ2n) is 2.75. The average molecular weight is 204 g/mol. The lowest BCUT2D eigenvalue weighted by molar-refractivity contribution is -0.135. The van der Waals surface area contributed by atoms with Crippen LogP contribution in [-0.2, 0) is 11.3 Å². The summed E-state index contributed by atoms with van der Waals surface area (Å²) in [4.78, 5) is 12.5. The van der Waals surface area contributed by atoms with Crippen molar-refractivity contribution in [3.8, 4) is 5.75 Å². The van der Waals surface area contributed by atoms with E-state index in [9.17, 15) is 4.79 Å². The highest BCUT2D eigenvalue weighted by Gasteiger charge is 2.06. The lowest BCUT2D eigenvalue weighted by Crippen LogP contribution is -2.18. The third-order valence-electron chi connectivity index (χ3n) is 1.64. The van der Waals surface area contributed by atoms with Crippen molar-refractivity contribution in [2.24, 2.45) is 0 Å². The summed E-state index contributed by atoms with van der Waals surface area (Å²) in [6, 6.07) is 8.82. The quantitative estimate of drug-likeness (QED) is 0.530. The number of para-hydroxylation sites is 1. The predicted molar refractivity (Wildman–Crippen MR) is 49.9 cm³/mol. The van der Waals surface area contributed by atoms with Crippen LogP contribution in [0.15, 0.2) is 36.7 Å². The summed E-state index contributed by atoms with van der Waals surface area (Å²) in [7, 11) is 0. The molecule has 0 fully saturated rings. The van der Waals surface area contributed by atoms with Crippen molar-refractivity contribution in [1.82, 2.24) is 20.2 Å². The van der Waals surface area contributed by atoms with Crippen LogP contribution in [0.3, 0.4) is 0 Å². The lowest BCUT2D eigenvalue weighted by Gasteiger charge is -2.02. The third kappa shape index (κ3) is 2.60. The smallest absolute Gasteiger partial charge is 0.335 e. The molecule has 0 saturated carbocycles. The van der Waals surface area contributed by atoms with Gasteiger partial charge in [0.05, 0.1) is 0 Å². The van der Waals surface area contributed by atoms with Gasteiger partial charge in [0.15, 0.2) is 12.9 Å². The van der Waals surface area contributed by atoms with E-state index in [4.69, 9.17) is 4.74 Å². The van der Waals surface area contributed by atoms with Crippen molar-refractivity contribution in [2.45, 2.75) is 6.54 Å². The van der Waals surface area contributed by atoms with E-state index >= 15 is 0 Å². The number of nitrogens with zero attached hydrogens (tertiary/aromatic N) is 4. The van der Waals surface area contributed by atoms with E-state index in [1.54, 1.807) is 24.3 Å². The molecule has 6 heteroatoms. The standard InChI is InChI=1S/C9H8N4O2/c14-9(6-13-11-7-10-12-13)15-8-4-2-1-3-5-8/h1-5,7H,6H2. The second-order valence-corrected chi connectivity index (χ2v) is 2.75. The zero-order chi connectivity index (χ0) is 10.5. The van der Waals surface area contributed by atoms with Crippen LogP contribution in [0.2, 0.25) is 0 Å². The number of esters is 1. The predicted octanol–water partition coefficient (Wildman–Crippen LogP) is 0.279. The Labute approximate surface area is 85.5 Å². The monoisotopic (exact) mass is 204 g/mol. The summed E-state index contributed by atoms with van der Waals surface area (Å²) < 4.78 is 5.02. The highest BCUT2D eigenvalue weighted by Crippen LogP contribution is 2.08. The molecule has 0 bridgehead atoms. The zero-order valence-electron chi connectivity index (χ0n) is 7.78. The molecule has 0 radical (unpaired) electrons. The molecule has 0 atom stereocenters. The molecule has 15 heavy (non-hydrogen) atoms. The van der Waals surface area contributed by atoms with Crippen molar-refractivity contribution in [2.75, 3.05) is 0 Å². The minimum absolute atomic E-state index is 0.0467. The largest absolute Gasteiger partial charge is 0.425 e. The van der Waals surface area contributed by atoms with Gasteiger partial charge >= 0.3 is 5.97 Å². The molecule has 6 nitrogen and oxygen atoms in total. The summed E-state index contributed by atoms with van der Waals surface area (Å²) in [6.45, 7) is -0.0467. The number of hydrogen-bond donors (Lipinski definition) is 0. The number of tetrazole rings is 1. The van der Waals surface area contributed by atoms with Crippen LogP contribution >= 0.6 is 0 Å². The molecular weight excluding hydrogens is 196 g/mol. The van der Waals surface area contributed by atoms with E-state index in [0.29, 0.717) is 5.75 Å². The van der Waals surface area contributed by atoms with Gasteiger partial charge in [-0.2, -0.15) is 4.80 Å². The van der Waals surface area contributed by atoms with Gasteiger partial charge in [0.2, 0.25) is 0 Å². The van der Waals surface area contributed by atoms with E-state index < -0.39 is 5.97 Å². The molecule has 0 aliphatic rings. The number of carbonyl (C=O) groups excluding carboxylic acids is 1. The van der Waals surface area contributed by atoms with Crippen molar-refractivity contribution >= 4 is 5.97 Å². The summed E-state index contributed by atoms with van der Waals surface area (Å²) in [5.41, 5.74) is 0. The van der Waals surface area contributed by atoms with Gasteiger partial charge in [-0.1, -0.05) is 18.2 Å². The highest BCUT2D eigenvalue weighted by atomic mass is 16.5. The summed E-state index contributed by atoms with van der Waals surface area (Å²) in [5, 5.41) is 10.7. The molecule has 76 valence electrons. The number of benzene rings is 1. The van der Waals surface area contributed by atoms with Crippen LogP contribution in [0.25, 0.3) is 0 Å². The van der Waals surface area contributed by atoms with Crippen LogP contribution in [0.4, 0.5) is 0 Å². The Morgan fingerprint density at radius 1 is 1.33 bits per heavy atom. The first-order valence-corrected chi connectivity index (χ1v) is 4.31. The lowest BCUT2D eigenvalue weighted by atomic mass is 10.3. The number of aromatic nitrogens is 4. The van der Waals surface area contributed by atoms with Crippen molar-refractivity contribution in [3.05, 3.63) is 36.7 Å². The summed E-state index contributed by atoms with van der Waals surface area (Å²) >= 11 is 0. The zero-order valence-corrected chi connectivity index (χ0v) is 7.78. The van der Waals surface area contributed by atoms with Gasteiger partial charge in [0, 0.05) is 0 Å². The fraction of sp³-hybridized carbons (Fsp3) is 0.111. The molecule has 1 aromatic carbocycles. The average Bonchev–Trinajstić information content (AvgIpc) is 2.71. The van der Waals surface area contributed by atoms with Gasteiger partial charge < -0.3 is 4.74 Å². The first kappa shape index (κ1) is 9.32. The molecule has 2 aromatic rings. The number of rotatable bonds is 3. The molecule has 0 aliphatic heterocycles. The van der Waals surface area contributed by atoms with E-state index in [-0.39, 0.29) is 6.54 Å². The maximum atomic E-state index is 11.3. The molecule has 1 heterocycles. The van der Waals surface area contributed by atoms with Crippen molar-refractivity contribution in [3.63, 3.8) is 0 Å². The Bertz CT molecular complexity index is 427. The number of hydrogen-bond acceptors (Lipinski definition) is 5. The normalized spacial score (nSPS) is 9.87. The topological polar surface area (TPSA) is 69.9 Å². The minimum Gasteiger partial charge on any atom is -0.425 e. The molecule has 0 saturated heterocycles. The third-order valence-corrected chi connectivity index (χ3v) is 1.64. The maximum absolute atomic E-state index is 11.3.